The van der Waals surface area contributed by atoms with Crippen molar-refractivity contribution in [3.8, 4) is 0 Å². The van der Waals surface area contributed by atoms with Crippen molar-refractivity contribution in [2.24, 2.45) is 5.10 Å². The molecule has 2 rings (SSSR count). The maximum absolute atomic E-state index is 11.2. The fraction of sp³-hybridized carbons (Fsp3) is 0.231. The number of amides is 1. The Hall–Kier alpha value is -1.90. The lowest BCUT2D eigenvalue weighted by Crippen LogP contribution is -2.27. The average Bonchev–Trinajstić information content (AvgIpc) is 2.32. The lowest BCUT2D eigenvalue weighted by molar-refractivity contribution is -0.130. The molecule has 0 fully saturated rings. The van der Waals surface area contributed by atoms with Crippen molar-refractivity contribution < 1.29 is 4.79 Å². The monoisotopic (exact) mass is 214 g/mol. The predicted molar refractivity (Wildman–Crippen MR) is 64.9 cm³/mol. The van der Waals surface area contributed by atoms with E-state index in [2.05, 4.69) is 5.10 Å². The van der Waals surface area contributed by atoms with E-state index >= 15 is 0 Å². The van der Waals surface area contributed by atoms with Crippen LogP contribution < -0.4 is 0 Å². The number of carbonyl (C=O) groups excluding carboxylic acids is 1. The molecule has 0 aromatic heterocycles. The molecule has 0 bridgehead atoms. The maximum atomic E-state index is 11.2. The Bertz CT molecular complexity index is 435. The van der Waals surface area contributed by atoms with Crippen LogP contribution in [-0.4, -0.2) is 23.7 Å². The third-order valence-electron chi connectivity index (χ3n) is 2.50. The first-order chi connectivity index (χ1) is 7.75. The molecular formula is C13H14N2O. The second-order valence-corrected chi connectivity index (χ2v) is 3.75. The minimum absolute atomic E-state index is 0.0804. The van der Waals surface area contributed by atoms with E-state index in [9.17, 15) is 4.79 Å². The molecule has 82 valence electrons. The van der Waals surface area contributed by atoms with Gasteiger partial charge < -0.3 is 0 Å². The van der Waals surface area contributed by atoms with Gasteiger partial charge in [0.15, 0.2) is 0 Å². The van der Waals surface area contributed by atoms with Crippen molar-refractivity contribution in [2.45, 2.75) is 12.8 Å². The van der Waals surface area contributed by atoms with E-state index in [1.807, 2.05) is 42.5 Å². The van der Waals surface area contributed by atoms with Crippen LogP contribution in [0.3, 0.4) is 0 Å². The van der Waals surface area contributed by atoms with Gasteiger partial charge in [-0.3, -0.25) is 4.79 Å². The Balaban J connectivity index is 2.08. The van der Waals surface area contributed by atoms with E-state index in [0.717, 1.165) is 17.7 Å². The number of hydrazone groups is 1. The van der Waals surface area contributed by atoms with Gasteiger partial charge in [0, 0.05) is 19.9 Å². The summed E-state index contributed by atoms with van der Waals surface area (Å²) in [6.07, 6.45) is 5.27. The van der Waals surface area contributed by atoms with Crippen LogP contribution in [0.5, 0.6) is 0 Å². The Morgan fingerprint density at radius 3 is 2.62 bits per heavy atom. The van der Waals surface area contributed by atoms with E-state index in [4.69, 9.17) is 0 Å². The molecule has 0 aliphatic carbocycles. The van der Waals surface area contributed by atoms with Crippen LogP contribution in [0.15, 0.2) is 41.5 Å². The summed E-state index contributed by atoms with van der Waals surface area (Å²) in [6, 6.07) is 10.1. The number of rotatable bonds is 2. The summed E-state index contributed by atoms with van der Waals surface area (Å²) < 4.78 is 0. The predicted octanol–water partition coefficient (Wildman–Crippen LogP) is 2.31. The molecule has 0 saturated heterocycles. The second-order valence-electron chi connectivity index (χ2n) is 3.75. The highest BCUT2D eigenvalue weighted by molar-refractivity contribution is 6.02. The zero-order valence-electron chi connectivity index (χ0n) is 9.26. The molecule has 3 heteroatoms. The first kappa shape index (κ1) is 10.6. The summed E-state index contributed by atoms with van der Waals surface area (Å²) in [5, 5.41) is 5.60. The van der Waals surface area contributed by atoms with Crippen molar-refractivity contribution in [1.29, 1.82) is 0 Å². The van der Waals surface area contributed by atoms with Crippen molar-refractivity contribution >= 4 is 17.7 Å². The molecule has 1 aliphatic heterocycles. The van der Waals surface area contributed by atoms with Gasteiger partial charge in [-0.15, -0.1) is 0 Å². The summed E-state index contributed by atoms with van der Waals surface area (Å²) in [5.74, 6) is 0.0804. The molecule has 16 heavy (non-hydrogen) atoms. The van der Waals surface area contributed by atoms with Crippen LogP contribution in [0.25, 0.3) is 6.08 Å². The van der Waals surface area contributed by atoms with E-state index < -0.39 is 0 Å². The lowest BCUT2D eigenvalue weighted by atomic mass is 10.1. The fourth-order valence-corrected chi connectivity index (χ4v) is 1.57. The minimum atomic E-state index is 0.0804. The van der Waals surface area contributed by atoms with Gasteiger partial charge >= 0.3 is 0 Å². The van der Waals surface area contributed by atoms with Crippen LogP contribution >= 0.6 is 0 Å². The standard InChI is InChI=1S/C13H14N2O/c1-15-13(16)10-9-12(14-15)8-7-11-5-3-2-4-6-11/h2-8H,9-10H2,1H3/b8-7+. The quantitative estimate of drug-likeness (QED) is 0.743. The van der Waals surface area contributed by atoms with Gasteiger partial charge in [-0.1, -0.05) is 36.4 Å². The zero-order chi connectivity index (χ0) is 11.4. The number of hydrogen-bond donors (Lipinski definition) is 0. The van der Waals surface area contributed by atoms with Gasteiger partial charge in [-0.25, -0.2) is 5.01 Å². The summed E-state index contributed by atoms with van der Waals surface area (Å²) in [5.41, 5.74) is 2.09. The Labute approximate surface area is 95.1 Å². The van der Waals surface area contributed by atoms with E-state index in [-0.39, 0.29) is 5.91 Å². The molecule has 0 unspecified atom stereocenters. The summed E-state index contributed by atoms with van der Waals surface area (Å²) in [4.78, 5) is 11.2. The summed E-state index contributed by atoms with van der Waals surface area (Å²) in [7, 11) is 1.69. The molecular weight excluding hydrogens is 200 g/mol. The fourth-order valence-electron chi connectivity index (χ4n) is 1.57. The van der Waals surface area contributed by atoms with E-state index in [1.54, 1.807) is 7.05 Å². The number of hydrogen-bond acceptors (Lipinski definition) is 2. The third kappa shape index (κ3) is 2.57. The highest BCUT2D eigenvalue weighted by Crippen LogP contribution is 2.09. The topological polar surface area (TPSA) is 32.7 Å². The molecule has 0 spiro atoms. The first-order valence-corrected chi connectivity index (χ1v) is 5.33. The van der Waals surface area contributed by atoms with Gasteiger partial charge in [0.1, 0.15) is 0 Å². The van der Waals surface area contributed by atoms with Crippen molar-refractivity contribution in [1.82, 2.24) is 5.01 Å². The molecule has 3 nitrogen and oxygen atoms in total. The Morgan fingerprint density at radius 2 is 1.94 bits per heavy atom. The first-order valence-electron chi connectivity index (χ1n) is 5.33. The molecule has 0 saturated carbocycles. The summed E-state index contributed by atoms with van der Waals surface area (Å²) >= 11 is 0. The molecule has 0 N–H and O–H groups in total. The van der Waals surface area contributed by atoms with Gasteiger partial charge in [0.25, 0.3) is 0 Å². The molecule has 0 radical (unpaired) electrons. The largest absolute Gasteiger partial charge is 0.273 e. The SMILES string of the molecule is CN1N=C(/C=C/c2ccccc2)CCC1=O. The Kier molecular flexibility index (Phi) is 3.15. The molecule has 0 atom stereocenters. The van der Waals surface area contributed by atoms with E-state index in [1.165, 1.54) is 5.01 Å². The maximum Gasteiger partial charge on any atom is 0.242 e. The van der Waals surface area contributed by atoms with Gasteiger partial charge in [-0.2, -0.15) is 5.10 Å². The van der Waals surface area contributed by atoms with Crippen LogP contribution in [0.1, 0.15) is 18.4 Å². The lowest BCUT2D eigenvalue weighted by Gasteiger charge is -2.17. The average molecular weight is 214 g/mol. The second kappa shape index (κ2) is 4.75. The van der Waals surface area contributed by atoms with Crippen molar-refractivity contribution in [3.63, 3.8) is 0 Å². The smallest absolute Gasteiger partial charge is 0.242 e. The van der Waals surface area contributed by atoms with Crippen LogP contribution in [0, 0.1) is 0 Å². The van der Waals surface area contributed by atoms with E-state index in [0.29, 0.717) is 6.42 Å². The van der Waals surface area contributed by atoms with Crippen molar-refractivity contribution in [2.75, 3.05) is 7.05 Å². The third-order valence-corrected chi connectivity index (χ3v) is 2.50. The van der Waals surface area contributed by atoms with Crippen LogP contribution in [-0.2, 0) is 4.79 Å². The number of nitrogens with zero attached hydrogens (tertiary/aromatic N) is 2. The molecule has 1 amide bonds. The highest BCUT2D eigenvalue weighted by Gasteiger charge is 2.14. The highest BCUT2D eigenvalue weighted by atomic mass is 16.2. The molecule has 1 aromatic carbocycles. The number of allylic oxidation sites excluding steroid dienone is 1. The molecule has 1 heterocycles. The van der Waals surface area contributed by atoms with Crippen LogP contribution in [0.4, 0.5) is 0 Å². The minimum Gasteiger partial charge on any atom is -0.273 e. The van der Waals surface area contributed by atoms with Crippen LogP contribution in [0.2, 0.25) is 0 Å². The van der Waals surface area contributed by atoms with Gasteiger partial charge in [-0.05, 0) is 11.6 Å². The normalized spacial score (nSPS) is 16.7. The van der Waals surface area contributed by atoms with Gasteiger partial charge in [0.05, 0.1) is 5.71 Å². The molecule has 1 aliphatic rings. The number of benzene rings is 1. The molecule has 1 aromatic rings. The van der Waals surface area contributed by atoms with Gasteiger partial charge in [0.2, 0.25) is 5.91 Å². The zero-order valence-corrected chi connectivity index (χ0v) is 9.26. The van der Waals surface area contributed by atoms with Crippen molar-refractivity contribution in [3.05, 3.63) is 42.0 Å². The Morgan fingerprint density at radius 1 is 1.19 bits per heavy atom. The summed E-state index contributed by atoms with van der Waals surface area (Å²) in [6.45, 7) is 0. The number of carbonyl (C=O) groups is 1.